The van der Waals surface area contributed by atoms with Crippen molar-refractivity contribution in [1.82, 2.24) is 5.32 Å². The van der Waals surface area contributed by atoms with E-state index < -0.39 is 15.9 Å². The number of para-hydroxylation sites is 2. The second-order valence-corrected chi connectivity index (χ2v) is 7.33. The third-order valence-electron chi connectivity index (χ3n) is 3.56. The van der Waals surface area contributed by atoms with Gasteiger partial charge in [-0.05, 0) is 30.3 Å². The lowest BCUT2D eigenvalue weighted by molar-refractivity contribution is 0.0789. The molecule has 2 aromatic carbocycles. The molecule has 0 fully saturated rings. The van der Waals surface area contributed by atoms with Crippen molar-refractivity contribution in [2.45, 2.75) is 11.0 Å². The minimum Gasteiger partial charge on any atom is -0.486 e. The van der Waals surface area contributed by atoms with Crippen molar-refractivity contribution in [3.63, 3.8) is 0 Å². The van der Waals surface area contributed by atoms with Crippen molar-refractivity contribution < 1.29 is 22.7 Å². The van der Waals surface area contributed by atoms with Crippen LogP contribution in [0.5, 0.6) is 11.5 Å². The zero-order valence-corrected chi connectivity index (χ0v) is 14.5. The largest absolute Gasteiger partial charge is 0.486 e. The molecule has 3 N–H and O–H groups in total. The van der Waals surface area contributed by atoms with Crippen LogP contribution in [-0.2, 0) is 10.0 Å². The molecule has 0 radical (unpaired) electrons. The molecule has 1 heterocycles. The Hall–Kier alpha value is -2.29. The molecule has 1 atom stereocenters. The summed E-state index contributed by atoms with van der Waals surface area (Å²) in [7, 11) is -4.02. The van der Waals surface area contributed by atoms with Crippen molar-refractivity contribution in [3.05, 3.63) is 53.1 Å². The first kappa shape index (κ1) is 17.5. The summed E-state index contributed by atoms with van der Waals surface area (Å²) >= 11 is 5.80. The van der Waals surface area contributed by atoms with Crippen molar-refractivity contribution in [3.8, 4) is 11.5 Å². The van der Waals surface area contributed by atoms with Gasteiger partial charge in [0.05, 0.1) is 11.6 Å². The number of hydrogen-bond donors (Lipinski definition) is 2. The van der Waals surface area contributed by atoms with Crippen LogP contribution >= 0.6 is 11.6 Å². The van der Waals surface area contributed by atoms with E-state index in [0.717, 1.165) is 6.07 Å². The normalized spacial score (nSPS) is 16.3. The Kier molecular flexibility index (Phi) is 4.85. The molecule has 2 aromatic rings. The highest BCUT2D eigenvalue weighted by atomic mass is 35.5. The molecule has 1 amide bonds. The summed E-state index contributed by atoms with van der Waals surface area (Å²) in [4.78, 5) is 11.9. The van der Waals surface area contributed by atoms with Crippen LogP contribution in [0.15, 0.2) is 47.4 Å². The summed E-state index contributed by atoms with van der Waals surface area (Å²) in [6, 6.07) is 11.1. The number of primary sulfonamides is 1. The molecule has 0 saturated heterocycles. The number of amides is 1. The van der Waals surface area contributed by atoms with Gasteiger partial charge >= 0.3 is 0 Å². The van der Waals surface area contributed by atoms with E-state index in [1.807, 2.05) is 12.1 Å². The van der Waals surface area contributed by atoms with E-state index in [2.05, 4.69) is 5.32 Å². The van der Waals surface area contributed by atoms with Crippen LogP contribution in [0.4, 0.5) is 0 Å². The number of carbonyl (C=O) groups is 1. The van der Waals surface area contributed by atoms with Gasteiger partial charge in [-0.2, -0.15) is 0 Å². The summed E-state index contributed by atoms with van der Waals surface area (Å²) in [5.74, 6) is 0.792. The van der Waals surface area contributed by atoms with E-state index in [1.165, 1.54) is 12.1 Å². The first-order chi connectivity index (χ1) is 11.8. The van der Waals surface area contributed by atoms with E-state index in [-0.39, 0.29) is 28.1 Å². The van der Waals surface area contributed by atoms with Gasteiger partial charge in [0.1, 0.15) is 17.6 Å². The molecule has 3 rings (SSSR count). The molecule has 7 nitrogen and oxygen atoms in total. The molecule has 0 aromatic heterocycles. The smallest absolute Gasteiger partial charge is 0.251 e. The number of nitrogens with two attached hydrogens (primary N) is 1. The summed E-state index contributed by atoms with van der Waals surface area (Å²) in [5.41, 5.74) is 0.130. The topological polar surface area (TPSA) is 108 Å². The SMILES string of the molecule is NS(=O)(=O)c1cc(C(=O)NC[C@@H]2COc3ccccc3O2)ccc1Cl. The van der Waals surface area contributed by atoms with Crippen molar-refractivity contribution in [2.24, 2.45) is 5.14 Å². The maximum Gasteiger partial charge on any atom is 0.251 e. The van der Waals surface area contributed by atoms with E-state index >= 15 is 0 Å². The molecule has 0 aliphatic carbocycles. The molecule has 1 aliphatic heterocycles. The number of halogens is 1. The first-order valence-electron chi connectivity index (χ1n) is 7.33. The Morgan fingerprint density at radius 2 is 1.96 bits per heavy atom. The van der Waals surface area contributed by atoms with Gasteiger partial charge in [-0.1, -0.05) is 23.7 Å². The Morgan fingerprint density at radius 3 is 2.68 bits per heavy atom. The summed E-state index contributed by atoms with van der Waals surface area (Å²) in [6.45, 7) is 0.487. The molecule has 132 valence electrons. The Labute approximate surface area is 149 Å². The standard InChI is InChI=1S/C16H15ClN2O5S/c17-12-6-5-10(7-15(12)25(18,21)22)16(20)19-8-11-9-23-13-3-1-2-4-14(13)24-11/h1-7,11H,8-9H2,(H,19,20)(H2,18,21,22)/t11-/m1/s1. The molecule has 0 unspecified atom stereocenters. The Bertz CT molecular complexity index is 916. The molecule has 9 heteroatoms. The first-order valence-corrected chi connectivity index (χ1v) is 9.26. The highest BCUT2D eigenvalue weighted by Gasteiger charge is 2.22. The average molecular weight is 383 g/mol. The number of ether oxygens (including phenoxy) is 2. The predicted molar refractivity (Wildman–Crippen MR) is 91.5 cm³/mol. The molecule has 25 heavy (non-hydrogen) atoms. The fourth-order valence-corrected chi connectivity index (χ4v) is 3.41. The number of benzene rings is 2. The van der Waals surface area contributed by atoms with Crippen LogP contribution in [0.1, 0.15) is 10.4 Å². The fourth-order valence-electron chi connectivity index (χ4n) is 2.33. The molecule has 0 bridgehead atoms. The minimum absolute atomic E-state index is 0.0420. The molecule has 1 aliphatic rings. The van der Waals surface area contributed by atoms with E-state index in [4.69, 9.17) is 26.2 Å². The van der Waals surface area contributed by atoms with Crippen LogP contribution in [0.25, 0.3) is 0 Å². The van der Waals surface area contributed by atoms with Gasteiger partial charge in [-0.3, -0.25) is 4.79 Å². The third kappa shape index (κ3) is 4.04. The molecule has 0 spiro atoms. The number of hydrogen-bond acceptors (Lipinski definition) is 5. The highest BCUT2D eigenvalue weighted by Crippen LogP contribution is 2.30. The lowest BCUT2D eigenvalue weighted by Gasteiger charge is -2.26. The van der Waals surface area contributed by atoms with Gasteiger partial charge in [0.25, 0.3) is 5.91 Å². The highest BCUT2D eigenvalue weighted by molar-refractivity contribution is 7.89. The van der Waals surface area contributed by atoms with Gasteiger partial charge in [0.2, 0.25) is 10.0 Å². The second kappa shape index (κ2) is 6.91. The third-order valence-corrected chi connectivity index (χ3v) is 4.95. The van der Waals surface area contributed by atoms with Crippen LogP contribution in [0.3, 0.4) is 0 Å². The molecule has 0 saturated carbocycles. The van der Waals surface area contributed by atoms with Crippen LogP contribution in [-0.4, -0.2) is 33.6 Å². The van der Waals surface area contributed by atoms with Gasteiger partial charge in [0, 0.05) is 5.56 Å². The average Bonchev–Trinajstić information content (AvgIpc) is 2.59. The van der Waals surface area contributed by atoms with Crippen LogP contribution < -0.4 is 19.9 Å². The summed E-state index contributed by atoms with van der Waals surface area (Å²) in [5, 5.41) is 7.72. The number of fused-ring (bicyclic) bond motifs is 1. The maximum absolute atomic E-state index is 12.2. The predicted octanol–water partition coefficient (Wildman–Crippen LogP) is 1.56. The lowest BCUT2D eigenvalue weighted by Crippen LogP contribution is -2.40. The lowest BCUT2D eigenvalue weighted by atomic mass is 10.2. The number of carbonyl (C=O) groups excluding carboxylic acids is 1. The zero-order valence-electron chi connectivity index (χ0n) is 12.9. The fraction of sp³-hybridized carbons (Fsp3) is 0.188. The quantitative estimate of drug-likeness (QED) is 0.834. The number of sulfonamides is 1. The Morgan fingerprint density at radius 1 is 1.24 bits per heavy atom. The Balaban J connectivity index is 1.66. The second-order valence-electron chi connectivity index (χ2n) is 5.40. The summed E-state index contributed by atoms with van der Waals surface area (Å²) < 4.78 is 34.3. The van der Waals surface area contributed by atoms with Crippen LogP contribution in [0.2, 0.25) is 5.02 Å². The van der Waals surface area contributed by atoms with Gasteiger partial charge in [-0.15, -0.1) is 0 Å². The van der Waals surface area contributed by atoms with Crippen molar-refractivity contribution in [2.75, 3.05) is 13.2 Å². The van der Waals surface area contributed by atoms with E-state index in [1.54, 1.807) is 12.1 Å². The summed E-state index contributed by atoms with van der Waals surface area (Å²) in [6.07, 6.45) is -0.358. The van der Waals surface area contributed by atoms with Gasteiger partial charge in [0.15, 0.2) is 11.5 Å². The molecular formula is C16H15ClN2O5S. The number of nitrogens with one attached hydrogen (secondary N) is 1. The zero-order chi connectivity index (χ0) is 18.0. The number of rotatable bonds is 4. The van der Waals surface area contributed by atoms with Gasteiger partial charge < -0.3 is 14.8 Å². The van der Waals surface area contributed by atoms with Gasteiger partial charge in [-0.25, -0.2) is 13.6 Å². The van der Waals surface area contributed by atoms with Crippen LogP contribution in [0, 0.1) is 0 Å². The maximum atomic E-state index is 12.2. The molecular weight excluding hydrogens is 368 g/mol. The minimum atomic E-state index is -4.02. The van der Waals surface area contributed by atoms with Crippen molar-refractivity contribution >= 4 is 27.5 Å². The monoisotopic (exact) mass is 382 g/mol. The van der Waals surface area contributed by atoms with E-state index in [9.17, 15) is 13.2 Å². The van der Waals surface area contributed by atoms with Crippen molar-refractivity contribution in [1.29, 1.82) is 0 Å². The van der Waals surface area contributed by atoms with E-state index in [0.29, 0.717) is 18.1 Å².